The van der Waals surface area contributed by atoms with E-state index in [4.69, 9.17) is 5.11 Å². The zero-order valence-corrected chi connectivity index (χ0v) is 18.5. The van der Waals surface area contributed by atoms with E-state index in [2.05, 4.69) is 94.6 Å². The molecule has 0 spiro atoms. The molecule has 1 aromatic heterocycles. The average Bonchev–Trinajstić information content (AvgIpc) is 3.33. The van der Waals surface area contributed by atoms with Gasteiger partial charge in [-0.3, -0.25) is 4.79 Å². The van der Waals surface area contributed by atoms with Crippen molar-refractivity contribution in [1.29, 1.82) is 0 Å². The summed E-state index contributed by atoms with van der Waals surface area (Å²) >= 11 is 0. The number of aromatic nitrogens is 2. The lowest BCUT2D eigenvalue weighted by Crippen LogP contribution is -2.36. The van der Waals surface area contributed by atoms with E-state index in [0.29, 0.717) is 6.42 Å². The molecule has 4 heteroatoms. The molecule has 0 saturated heterocycles. The number of carboxylic acids is 1. The van der Waals surface area contributed by atoms with E-state index in [1.54, 1.807) is 0 Å². The van der Waals surface area contributed by atoms with Crippen molar-refractivity contribution < 1.29 is 9.90 Å². The van der Waals surface area contributed by atoms with Gasteiger partial charge in [0.15, 0.2) is 0 Å². The smallest absolute Gasteiger partial charge is 0.303 e. The SMILES string of the molecule is O=C(O)CCCCC=Cc1cn(C(c2ccccc2)(c2ccccc2)c2ccccc2)cn1. The highest BCUT2D eigenvalue weighted by Gasteiger charge is 2.38. The van der Waals surface area contributed by atoms with Crippen LogP contribution < -0.4 is 0 Å². The Kier molecular flexibility index (Phi) is 7.16. The number of aliphatic carboxylic acids is 1. The third-order valence-electron chi connectivity index (χ3n) is 5.86. The number of carboxylic acid groups (broad SMARTS) is 1. The highest BCUT2D eigenvalue weighted by Crippen LogP contribution is 2.40. The number of allylic oxidation sites excluding steroid dienone is 1. The van der Waals surface area contributed by atoms with Crippen molar-refractivity contribution in [2.75, 3.05) is 0 Å². The Morgan fingerprint density at radius 2 is 1.33 bits per heavy atom. The average molecular weight is 437 g/mol. The van der Waals surface area contributed by atoms with Crippen LogP contribution in [0.15, 0.2) is 110 Å². The quantitative estimate of drug-likeness (QED) is 0.232. The number of imidazole rings is 1. The summed E-state index contributed by atoms with van der Waals surface area (Å²) in [7, 11) is 0. The van der Waals surface area contributed by atoms with Crippen molar-refractivity contribution in [2.45, 2.75) is 31.2 Å². The topological polar surface area (TPSA) is 55.1 Å². The Hall–Kier alpha value is -3.92. The summed E-state index contributed by atoms with van der Waals surface area (Å²) in [4.78, 5) is 15.4. The van der Waals surface area contributed by atoms with Gasteiger partial charge >= 0.3 is 5.97 Å². The van der Waals surface area contributed by atoms with Gasteiger partial charge in [-0.2, -0.15) is 0 Å². The number of hydrogen-bond donors (Lipinski definition) is 1. The Balaban J connectivity index is 1.75. The van der Waals surface area contributed by atoms with E-state index in [-0.39, 0.29) is 6.42 Å². The number of rotatable bonds is 10. The first-order chi connectivity index (χ1) is 16.2. The summed E-state index contributed by atoms with van der Waals surface area (Å²) in [6, 6.07) is 31.5. The lowest BCUT2D eigenvalue weighted by molar-refractivity contribution is -0.137. The fourth-order valence-corrected chi connectivity index (χ4v) is 4.34. The second-order valence-corrected chi connectivity index (χ2v) is 8.06. The highest BCUT2D eigenvalue weighted by atomic mass is 16.4. The first kappa shape index (κ1) is 22.3. The van der Waals surface area contributed by atoms with E-state index in [0.717, 1.165) is 35.2 Å². The molecule has 0 unspecified atom stereocenters. The van der Waals surface area contributed by atoms with Crippen LogP contribution in [0.25, 0.3) is 6.08 Å². The summed E-state index contributed by atoms with van der Waals surface area (Å²) in [6.45, 7) is 0. The second-order valence-electron chi connectivity index (χ2n) is 8.06. The first-order valence-corrected chi connectivity index (χ1v) is 11.3. The van der Waals surface area contributed by atoms with E-state index in [9.17, 15) is 4.79 Å². The van der Waals surface area contributed by atoms with Crippen molar-refractivity contribution >= 4 is 12.0 Å². The zero-order valence-electron chi connectivity index (χ0n) is 18.5. The van der Waals surface area contributed by atoms with Gasteiger partial charge in [-0.25, -0.2) is 4.98 Å². The van der Waals surface area contributed by atoms with Crippen LogP contribution >= 0.6 is 0 Å². The van der Waals surface area contributed by atoms with Gasteiger partial charge in [0, 0.05) is 12.6 Å². The summed E-state index contributed by atoms with van der Waals surface area (Å²) in [5, 5.41) is 8.78. The normalized spacial score (nSPS) is 11.6. The first-order valence-electron chi connectivity index (χ1n) is 11.3. The number of unbranched alkanes of at least 4 members (excludes halogenated alkanes) is 2. The minimum Gasteiger partial charge on any atom is -0.481 e. The van der Waals surface area contributed by atoms with Gasteiger partial charge in [0.2, 0.25) is 0 Å². The Morgan fingerprint density at radius 3 is 1.82 bits per heavy atom. The number of carbonyl (C=O) groups is 1. The van der Waals surface area contributed by atoms with Crippen LogP contribution in [0.3, 0.4) is 0 Å². The van der Waals surface area contributed by atoms with Crippen LogP contribution in [0.1, 0.15) is 48.1 Å². The van der Waals surface area contributed by atoms with Gasteiger partial charge in [0.05, 0.1) is 12.0 Å². The zero-order chi connectivity index (χ0) is 22.9. The summed E-state index contributed by atoms with van der Waals surface area (Å²) in [5.41, 5.74) is 3.78. The van der Waals surface area contributed by atoms with Gasteiger partial charge in [-0.15, -0.1) is 0 Å². The maximum Gasteiger partial charge on any atom is 0.303 e. The van der Waals surface area contributed by atoms with Crippen molar-refractivity contribution in [3.8, 4) is 0 Å². The molecule has 0 atom stereocenters. The van der Waals surface area contributed by atoms with Crippen LogP contribution in [0.5, 0.6) is 0 Å². The van der Waals surface area contributed by atoms with Crippen LogP contribution in [0, 0.1) is 0 Å². The molecule has 0 fully saturated rings. The van der Waals surface area contributed by atoms with Gasteiger partial charge in [0.1, 0.15) is 5.54 Å². The molecule has 0 aliphatic carbocycles. The molecule has 166 valence electrons. The molecule has 4 rings (SSSR count). The number of benzene rings is 3. The predicted octanol–water partition coefficient (Wildman–Crippen LogP) is 6.38. The molecule has 0 bridgehead atoms. The molecule has 0 saturated carbocycles. The third-order valence-corrected chi connectivity index (χ3v) is 5.86. The van der Waals surface area contributed by atoms with Crippen molar-refractivity contribution in [2.24, 2.45) is 0 Å². The van der Waals surface area contributed by atoms with E-state index < -0.39 is 11.5 Å². The molecule has 33 heavy (non-hydrogen) atoms. The third kappa shape index (κ3) is 4.96. The van der Waals surface area contributed by atoms with Crippen LogP contribution in [-0.4, -0.2) is 20.6 Å². The molecule has 3 aromatic carbocycles. The van der Waals surface area contributed by atoms with Crippen molar-refractivity contribution in [3.05, 3.63) is 132 Å². The fraction of sp³-hybridized carbons (Fsp3) is 0.172. The van der Waals surface area contributed by atoms with Gasteiger partial charge in [-0.05, 0) is 42.0 Å². The molecule has 0 aliphatic heterocycles. The molecular weight excluding hydrogens is 408 g/mol. The van der Waals surface area contributed by atoms with Crippen molar-refractivity contribution in [1.82, 2.24) is 9.55 Å². The summed E-state index contributed by atoms with van der Waals surface area (Å²) in [5.74, 6) is -0.739. The number of hydrogen-bond acceptors (Lipinski definition) is 2. The Labute approximate surface area is 194 Å². The van der Waals surface area contributed by atoms with E-state index >= 15 is 0 Å². The molecule has 1 N–H and O–H groups in total. The minimum absolute atomic E-state index is 0.218. The molecule has 1 heterocycles. The van der Waals surface area contributed by atoms with Crippen molar-refractivity contribution in [3.63, 3.8) is 0 Å². The molecule has 4 nitrogen and oxygen atoms in total. The van der Waals surface area contributed by atoms with Gasteiger partial charge in [0.25, 0.3) is 0 Å². The summed E-state index contributed by atoms with van der Waals surface area (Å²) < 4.78 is 2.19. The lowest BCUT2D eigenvalue weighted by Gasteiger charge is -2.37. The summed E-state index contributed by atoms with van der Waals surface area (Å²) in [6.07, 6.45) is 10.7. The minimum atomic E-state index is -0.739. The van der Waals surface area contributed by atoms with E-state index in [1.807, 2.05) is 30.6 Å². The Morgan fingerprint density at radius 1 is 0.818 bits per heavy atom. The molecular formula is C29H28N2O2. The fourth-order valence-electron chi connectivity index (χ4n) is 4.34. The molecule has 0 radical (unpaired) electrons. The Bertz CT molecular complexity index is 1090. The monoisotopic (exact) mass is 436 g/mol. The lowest BCUT2D eigenvalue weighted by atomic mass is 9.77. The molecule has 4 aromatic rings. The van der Waals surface area contributed by atoms with Gasteiger partial charge in [-0.1, -0.05) is 97.1 Å². The van der Waals surface area contributed by atoms with Crippen LogP contribution in [0.4, 0.5) is 0 Å². The maximum absolute atomic E-state index is 10.7. The maximum atomic E-state index is 10.7. The molecule has 0 amide bonds. The predicted molar refractivity (Wildman–Crippen MR) is 132 cm³/mol. The van der Waals surface area contributed by atoms with Crippen LogP contribution in [-0.2, 0) is 10.3 Å². The standard InChI is InChI=1S/C29H28N2O2/c32-28(33)21-13-2-1-12-20-27-22-31(23-30-27)29(24-14-6-3-7-15-24,25-16-8-4-9-17-25)26-18-10-5-11-19-26/h3-12,14-20,22-23H,1-2,13,21H2,(H,32,33). The largest absolute Gasteiger partial charge is 0.481 e. The van der Waals surface area contributed by atoms with E-state index in [1.165, 1.54) is 0 Å². The highest BCUT2D eigenvalue weighted by molar-refractivity contribution is 5.66. The molecule has 0 aliphatic rings. The number of nitrogens with zero attached hydrogens (tertiary/aromatic N) is 2. The second kappa shape index (κ2) is 10.6. The van der Waals surface area contributed by atoms with Crippen LogP contribution in [0.2, 0.25) is 0 Å². The van der Waals surface area contributed by atoms with Gasteiger partial charge < -0.3 is 9.67 Å².